The van der Waals surface area contributed by atoms with Crippen molar-refractivity contribution < 1.29 is 14.6 Å². The van der Waals surface area contributed by atoms with Crippen molar-refractivity contribution in [2.45, 2.75) is 25.9 Å². The molecule has 0 aliphatic carbocycles. The van der Waals surface area contributed by atoms with Gasteiger partial charge in [0.1, 0.15) is 0 Å². The Morgan fingerprint density at radius 3 is 2.72 bits per heavy atom. The number of halogens is 1. The molecular weight excluding hydrogens is 300 g/mol. The second kappa shape index (κ2) is 7.89. The molecule has 0 saturated heterocycles. The lowest BCUT2D eigenvalue weighted by atomic mass is 10.2. The molecule has 0 radical (unpaired) electrons. The van der Waals surface area contributed by atoms with Crippen LogP contribution in [0, 0.1) is 0 Å². The zero-order chi connectivity index (χ0) is 13.5. The van der Waals surface area contributed by atoms with E-state index >= 15 is 0 Å². The van der Waals surface area contributed by atoms with Crippen molar-refractivity contribution in [1.29, 1.82) is 0 Å². The van der Waals surface area contributed by atoms with Crippen LogP contribution in [0.25, 0.3) is 0 Å². The van der Waals surface area contributed by atoms with Crippen molar-refractivity contribution >= 4 is 15.9 Å². The first-order chi connectivity index (χ1) is 8.60. The molecule has 1 heterocycles. The standard InChI is InChI=1S/C12H21BrN2O3/c1-4-10-12(13)11(15(2)14-10)7-9(16)8-18-6-5-17-3/h9,16H,4-8H2,1-3H3. The number of ether oxygens (including phenoxy) is 2. The van der Waals surface area contributed by atoms with E-state index in [9.17, 15) is 5.11 Å². The lowest BCUT2D eigenvalue weighted by molar-refractivity contribution is 0.0130. The summed E-state index contributed by atoms with van der Waals surface area (Å²) in [4.78, 5) is 0. The van der Waals surface area contributed by atoms with E-state index in [2.05, 4.69) is 28.0 Å². The van der Waals surface area contributed by atoms with Gasteiger partial charge in [0.25, 0.3) is 0 Å². The molecule has 6 heteroatoms. The maximum atomic E-state index is 9.91. The average molecular weight is 321 g/mol. The molecule has 0 spiro atoms. The molecule has 104 valence electrons. The summed E-state index contributed by atoms with van der Waals surface area (Å²) in [5, 5.41) is 14.3. The summed E-state index contributed by atoms with van der Waals surface area (Å²) in [5.74, 6) is 0. The average Bonchev–Trinajstić information content (AvgIpc) is 2.62. The van der Waals surface area contributed by atoms with Crippen LogP contribution in [-0.2, 0) is 29.4 Å². The van der Waals surface area contributed by atoms with Gasteiger partial charge in [-0.1, -0.05) is 6.92 Å². The largest absolute Gasteiger partial charge is 0.390 e. The van der Waals surface area contributed by atoms with Gasteiger partial charge in [0, 0.05) is 20.6 Å². The molecule has 0 saturated carbocycles. The third kappa shape index (κ3) is 4.35. The minimum absolute atomic E-state index is 0.308. The summed E-state index contributed by atoms with van der Waals surface area (Å²) in [6.45, 7) is 3.41. The SMILES string of the molecule is CCc1nn(C)c(CC(O)COCCOC)c1Br. The van der Waals surface area contributed by atoms with Crippen LogP contribution in [-0.4, -0.2) is 47.9 Å². The smallest absolute Gasteiger partial charge is 0.0829 e. The minimum Gasteiger partial charge on any atom is -0.390 e. The van der Waals surface area contributed by atoms with Crippen LogP contribution in [0.2, 0.25) is 0 Å². The van der Waals surface area contributed by atoms with E-state index in [-0.39, 0.29) is 0 Å². The van der Waals surface area contributed by atoms with Crippen molar-refractivity contribution in [2.75, 3.05) is 26.9 Å². The van der Waals surface area contributed by atoms with Crippen LogP contribution >= 0.6 is 15.9 Å². The summed E-state index contributed by atoms with van der Waals surface area (Å²) >= 11 is 3.53. The Labute approximate surface area is 116 Å². The summed E-state index contributed by atoms with van der Waals surface area (Å²) in [5.41, 5.74) is 2.01. The van der Waals surface area contributed by atoms with Gasteiger partial charge in [0.2, 0.25) is 0 Å². The molecule has 0 bridgehead atoms. The lowest BCUT2D eigenvalue weighted by Gasteiger charge is -2.11. The minimum atomic E-state index is -0.529. The number of aryl methyl sites for hydroxylation is 2. The van der Waals surface area contributed by atoms with Crippen LogP contribution in [0.3, 0.4) is 0 Å². The van der Waals surface area contributed by atoms with Crippen molar-refractivity contribution in [3.05, 3.63) is 15.9 Å². The Morgan fingerprint density at radius 1 is 1.44 bits per heavy atom. The third-order valence-corrected chi connectivity index (χ3v) is 3.59. The third-order valence-electron chi connectivity index (χ3n) is 2.67. The number of rotatable bonds is 8. The molecule has 0 aromatic carbocycles. The highest BCUT2D eigenvalue weighted by molar-refractivity contribution is 9.10. The number of aliphatic hydroxyl groups is 1. The molecule has 1 rings (SSSR count). The Hall–Kier alpha value is -0.430. The lowest BCUT2D eigenvalue weighted by Crippen LogP contribution is -2.21. The summed E-state index contributed by atoms with van der Waals surface area (Å²) in [7, 11) is 3.51. The highest BCUT2D eigenvalue weighted by Gasteiger charge is 2.16. The first-order valence-corrected chi connectivity index (χ1v) is 6.84. The Kier molecular flexibility index (Phi) is 6.85. The second-order valence-electron chi connectivity index (χ2n) is 4.11. The zero-order valence-electron chi connectivity index (χ0n) is 11.1. The number of nitrogens with zero attached hydrogens (tertiary/aromatic N) is 2. The van der Waals surface area contributed by atoms with E-state index in [4.69, 9.17) is 9.47 Å². The number of aromatic nitrogens is 2. The fourth-order valence-corrected chi connectivity index (χ4v) is 2.46. The molecular formula is C12H21BrN2O3. The van der Waals surface area contributed by atoms with Gasteiger partial charge in [0.05, 0.1) is 41.8 Å². The quantitative estimate of drug-likeness (QED) is 0.734. The summed E-state index contributed by atoms with van der Waals surface area (Å²) in [6, 6.07) is 0. The van der Waals surface area contributed by atoms with Crippen molar-refractivity contribution in [1.82, 2.24) is 9.78 Å². The van der Waals surface area contributed by atoms with Gasteiger partial charge in [-0.3, -0.25) is 4.68 Å². The van der Waals surface area contributed by atoms with E-state index in [1.165, 1.54) is 0 Å². The van der Waals surface area contributed by atoms with Crippen LogP contribution in [0.1, 0.15) is 18.3 Å². The Balaban J connectivity index is 2.48. The molecule has 1 atom stereocenters. The molecule has 1 N–H and O–H groups in total. The fraction of sp³-hybridized carbons (Fsp3) is 0.750. The maximum Gasteiger partial charge on any atom is 0.0829 e. The normalized spacial score (nSPS) is 12.9. The van der Waals surface area contributed by atoms with Crippen LogP contribution in [0.5, 0.6) is 0 Å². The first kappa shape index (κ1) is 15.6. The molecule has 0 aliphatic rings. The van der Waals surface area contributed by atoms with Crippen molar-refractivity contribution in [3.8, 4) is 0 Å². The molecule has 18 heavy (non-hydrogen) atoms. The van der Waals surface area contributed by atoms with E-state index < -0.39 is 6.10 Å². The van der Waals surface area contributed by atoms with E-state index in [1.54, 1.807) is 11.8 Å². The number of aliphatic hydroxyl groups excluding tert-OH is 1. The molecule has 0 aliphatic heterocycles. The van der Waals surface area contributed by atoms with Gasteiger partial charge in [-0.2, -0.15) is 5.10 Å². The monoisotopic (exact) mass is 320 g/mol. The molecule has 1 aromatic rings. The fourth-order valence-electron chi connectivity index (χ4n) is 1.69. The number of methoxy groups -OCH3 is 1. The molecule has 1 aromatic heterocycles. The van der Waals surface area contributed by atoms with E-state index in [1.807, 2.05) is 7.05 Å². The predicted molar refractivity (Wildman–Crippen MR) is 72.7 cm³/mol. The number of hydrogen-bond donors (Lipinski definition) is 1. The second-order valence-corrected chi connectivity index (χ2v) is 4.90. The molecule has 1 unspecified atom stereocenters. The molecule has 0 fully saturated rings. The van der Waals surface area contributed by atoms with E-state index in [0.717, 1.165) is 22.3 Å². The van der Waals surface area contributed by atoms with Gasteiger partial charge in [-0.25, -0.2) is 0 Å². The highest BCUT2D eigenvalue weighted by atomic mass is 79.9. The van der Waals surface area contributed by atoms with Gasteiger partial charge >= 0.3 is 0 Å². The van der Waals surface area contributed by atoms with Crippen molar-refractivity contribution in [3.63, 3.8) is 0 Å². The molecule has 5 nitrogen and oxygen atoms in total. The number of hydrogen-bond acceptors (Lipinski definition) is 4. The highest BCUT2D eigenvalue weighted by Crippen LogP contribution is 2.22. The van der Waals surface area contributed by atoms with Crippen LogP contribution < -0.4 is 0 Å². The first-order valence-electron chi connectivity index (χ1n) is 6.05. The van der Waals surface area contributed by atoms with Gasteiger partial charge in [-0.15, -0.1) is 0 Å². The topological polar surface area (TPSA) is 56.5 Å². The van der Waals surface area contributed by atoms with Gasteiger partial charge < -0.3 is 14.6 Å². The van der Waals surface area contributed by atoms with Crippen LogP contribution in [0.4, 0.5) is 0 Å². The van der Waals surface area contributed by atoms with Gasteiger partial charge in [-0.05, 0) is 22.4 Å². The molecule has 0 amide bonds. The Morgan fingerprint density at radius 2 is 2.17 bits per heavy atom. The van der Waals surface area contributed by atoms with Crippen LogP contribution in [0.15, 0.2) is 4.47 Å². The van der Waals surface area contributed by atoms with Crippen molar-refractivity contribution in [2.24, 2.45) is 7.05 Å². The van der Waals surface area contributed by atoms with Gasteiger partial charge in [0.15, 0.2) is 0 Å². The maximum absolute atomic E-state index is 9.91. The zero-order valence-corrected chi connectivity index (χ0v) is 12.7. The summed E-state index contributed by atoms with van der Waals surface area (Å²) < 4.78 is 13.0. The Bertz CT molecular complexity index is 368. The summed E-state index contributed by atoms with van der Waals surface area (Å²) in [6.07, 6.45) is 0.865. The predicted octanol–water partition coefficient (Wildman–Crippen LogP) is 1.31. The van der Waals surface area contributed by atoms with E-state index in [0.29, 0.717) is 26.2 Å².